The van der Waals surface area contributed by atoms with Gasteiger partial charge in [-0.1, -0.05) is 102 Å². The second-order valence-corrected chi connectivity index (χ2v) is 10.3. The fourth-order valence-corrected chi connectivity index (χ4v) is 4.42. The van der Waals surface area contributed by atoms with Crippen LogP contribution in [0.3, 0.4) is 0 Å². The molecule has 3 heteroatoms. The van der Waals surface area contributed by atoms with Gasteiger partial charge in [-0.3, -0.25) is 0 Å². The molecule has 0 aliphatic rings. The molecule has 3 nitrogen and oxygen atoms in total. The third-order valence-corrected chi connectivity index (χ3v) is 5.67. The average molecular weight is 427 g/mol. The summed E-state index contributed by atoms with van der Waals surface area (Å²) >= 11 is 0. The molecule has 0 atom stereocenters. The molecule has 0 radical (unpaired) electrons. The number of fused-ring (bicyclic) bond motifs is 2. The topological polar surface area (TPSA) is 35.5 Å². The van der Waals surface area contributed by atoms with Crippen molar-refractivity contribution in [3.05, 3.63) is 83.9 Å². The van der Waals surface area contributed by atoms with Crippen LogP contribution >= 0.6 is 0 Å². The Hall–Kier alpha value is -3.33. The Bertz CT molecular complexity index is 1200. The molecule has 4 aromatic carbocycles. The van der Waals surface area contributed by atoms with E-state index in [0.717, 1.165) is 32.7 Å². The van der Waals surface area contributed by atoms with Crippen LogP contribution in [0.2, 0.25) is 0 Å². The van der Waals surface area contributed by atoms with Crippen LogP contribution in [0, 0.1) is 0 Å². The highest BCUT2D eigenvalue weighted by Crippen LogP contribution is 2.40. The molecule has 0 N–H and O–H groups in total. The maximum Gasteiger partial charge on any atom is 0.519 e. The van der Waals surface area contributed by atoms with Crippen molar-refractivity contribution in [2.24, 2.45) is 0 Å². The largest absolute Gasteiger partial charge is 0.519 e. The second-order valence-electron chi connectivity index (χ2n) is 10.3. The van der Waals surface area contributed by atoms with Gasteiger partial charge < -0.3 is 9.47 Å². The van der Waals surface area contributed by atoms with Gasteiger partial charge in [0.05, 0.1) is 0 Å². The van der Waals surface area contributed by atoms with Crippen LogP contribution in [-0.2, 0) is 10.8 Å². The van der Waals surface area contributed by atoms with Gasteiger partial charge in [0, 0.05) is 11.1 Å². The van der Waals surface area contributed by atoms with Gasteiger partial charge in [-0.25, -0.2) is 4.79 Å². The lowest BCUT2D eigenvalue weighted by Crippen LogP contribution is -2.21. The Kier molecular flexibility index (Phi) is 5.46. The molecule has 0 aliphatic carbocycles. The quantitative estimate of drug-likeness (QED) is 0.239. The summed E-state index contributed by atoms with van der Waals surface area (Å²) in [5, 5.41) is 4.38. The minimum absolute atomic E-state index is 0.212. The first-order chi connectivity index (χ1) is 15.1. The number of hydrogen-bond acceptors (Lipinski definition) is 3. The Morgan fingerprint density at radius 2 is 0.938 bits per heavy atom. The van der Waals surface area contributed by atoms with Gasteiger partial charge in [0.15, 0.2) is 0 Å². The third-order valence-electron chi connectivity index (χ3n) is 5.67. The zero-order valence-electron chi connectivity index (χ0n) is 19.7. The molecule has 0 fully saturated rings. The summed E-state index contributed by atoms with van der Waals surface area (Å²) in [5.74, 6) is 1.05. The zero-order chi connectivity index (χ0) is 23.1. The number of carbonyl (C=O) groups is 1. The fraction of sp³-hybridized carbons (Fsp3) is 0.276. The van der Waals surface area contributed by atoms with Crippen molar-refractivity contribution in [3.63, 3.8) is 0 Å². The Morgan fingerprint density at radius 3 is 1.31 bits per heavy atom. The van der Waals surface area contributed by atoms with Crippen LogP contribution in [0.5, 0.6) is 11.5 Å². The molecule has 0 bridgehead atoms. The molecule has 4 rings (SSSR count). The lowest BCUT2D eigenvalue weighted by molar-refractivity contribution is 0.150. The van der Waals surface area contributed by atoms with E-state index in [1.807, 2.05) is 48.5 Å². The number of benzene rings is 4. The second kappa shape index (κ2) is 7.98. The van der Waals surface area contributed by atoms with Crippen LogP contribution in [0.1, 0.15) is 52.7 Å². The van der Waals surface area contributed by atoms with Crippen molar-refractivity contribution in [1.29, 1.82) is 0 Å². The minimum atomic E-state index is -0.730. The van der Waals surface area contributed by atoms with Gasteiger partial charge in [0.25, 0.3) is 0 Å². The summed E-state index contributed by atoms with van der Waals surface area (Å²) < 4.78 is 11.6. The summed E-state index contributed by atoms with van der Waals surface area (Å²) in [7, 11) is 0. The minimum Gasteiger partial charge on any atom is -0.394 e. The van der Waals surface area contributed by atoms with E-state index in [2.05, 4.69) is 65.8 Å². The van der Waals surface area contributed by atoms with Crippen LogP contribution in [0.4, 0.5) is 4.79 Å². The highest BCUT2D eigenvalue weighted by Gasteiger charge is 2.26. The lowest BCUT2D eigenvalue weighted by Gasteiger charge is -2.25. The van der Waals surface area contributed by atoms with E-state index in [-0.39, 0.29) is 10.8 Å². The fourth-order valence-electron chi connectivity index (χ4n) is 4.42. The smallest absolute Gasteiger partial charge is 0.394 e. The molecule has 0 aliphatic heterocycles. The van der Waals surface area contributed by atoms with Crippen LogP contribution in [0.15, 0.2) is 72.8 Å². The molecule has 0 unspecified atom stereocenters. The standard InChI is InChI=1S/C29H30O3/c1-28(2,3)25-21-13-9-7-11-19(21)15-17-23(25)31-27(30)32-24-18-16-20-12-8-10-14-22(20)26(24)29(4,5)6/h7-18H,1-6H3. The summed E-state index contributed by atoms with van der Waals surface area (Å²) in [6.45, 7) is 12.7. The van der Waals surface area contributed by atoms with Crippen molar-refractivity contribution in [2.45, 2.75) is 52.4 Å². The molecular formula is C29H30O3. The number of rotatable bonds is 2. The summed E-state index contributed by atoms with van der Waals surface area (Å²) in [6.07, 6.45) is -0.730. The third kappa shape index (κ3) is 4.20. The van der Waals surface area contributed by atoms with E-state index in [1.165, 1.54) is 0 Å². The normalized spacial score (nSPS) is 12.2. The first-order valence-electron chi connectivity index (χ1n) is 11.0. The predicted molar refractivity (Wildman–Crippen MR) is 132 cm³/mol. The van der Waals surface area contributed by atoms with Crippen LogP contribution in [0.25, 0.3) is 21.5 Å². The predicted octanol–water partition coefficient (Wildman–Crippen LogP) is 8.17. The molecule has 0 heterocycles. The lowest BCUT2D eigenvalue weighted by atomic mass is 9.83. The van der Waals surface area contributed by atoms with Gasteiger partial charge in [-0.05, 0) is 44.5 Å². The van der Waals surface area contributed by atoms with E-state index in [1.54, 1.807) is 0 Å². The molecule has 4 aromatic rings. The highest BCUT2D eigenvalue weighted by atomic mass is 16.7. The van der Waals surface area contributed by atoms with E-state index < -0.39 is 6.16 Å². The SMILES string of the molecule is CC(C)(C)c1c(OC(=O)Oc2ccc3ccccc3c2C(C)(C)C)ccc2ccccc12. The van der Waals surface area contributed by atoms with Gasteiger partial charge in [0.1, 0.15) is 11.5 Å². The van der Waals surface area contributed by atoms with E-state index in [0.29, 0.717) is 11.5 Å². The molecule has 0 saturated carbocycles. The summed E-state index contributed by atoms with van der Waals surface area (Å²) in [4.78, 5) is 13.0. The van der Waals surface area contributed by atoms with Gasteiger partial charge in [0.2, 0.25) is 0 Å². The van der Waals surface area contributed by atoms with E-state index in [9.17, 15) is 4.79 Å². The van der Waals surface area contributed by atoms with Crippen molar-refractivity contribution in [3.8, 4) is 11.5 Å². The molecule has 164 valence electrons. The average Bonchev–Trinajstić information content (AvgIpc) is 2.71. The maximum absolute atomic E-state index is 13.0. The van der Waals surface area contributed by atoms with Gasteiger partial charge in [-0.15, -0.1) is 0 Å². The first kappa shape index (κ1) is 21.9. The zero-order valence-corrected chi connectivity index (χ0v) is 19.7. The maximum atomic E-state index is 13.0. The number of ether oxygens (including phenoxy) is 2. The van der Waals surface area contributed by atoms with Crippen molar-refractivity contribution in [2.75, 3.05) is 0 Å². The van der Waals surface area contributed by atoms with Crippen molar-refractivity contribution >= 4 is 27.7 Å². The molecule has 32 heavy (non-hydrogen) atoms. The highest BCUT2D eigenvalue weighted by molar-refractivity contribution is 5.91. The molecule has 0 amide bonds. The number of carbonyl (C=O) groups excluding carboxylic acids is 1. The Balaban J connectivity index is 1.73. The van der Waals surface area contributed by atoms with Crippen LogP contribution in [-0.4, -0.2) is 6.16 Å². The monoisotopic (exact) mass is 426 g/mol. The first-order valence-corrected chi connectivity index (χ1v) is 11.0. The number of hydrogen-bond donors (Lipinski definition) is 0. The van der Waals surface area contributed by atoms with E-state index >= 15 is 0 Å². The van der Waals surface area contributed by atoms with Gasteiger partial charge in [-0.2, -0.15) is 0 Å². The molecule has 0 spiro atoms. The molecular weight excluding hydrogens is 396 g/mol. The van der Waals surface area contributed by atoms with Crippen molar-refractivity contribution < 1.29 is 14.3 Å². The van der Waals surface area contributed by atoms with Crippen molar-refractivity contribution in [1.82, 2.24) is 0 Å². The molecule has 0 saturated heterocycles. The van der Waals surface area contributed by atoms with Gasteiger partial charge >= 0.3 is 6.16 Å². The Morgan fingerprint density at radius 1 is 0.562 bits per heavy atom. The summed E-state index contributed by atoms with van der Waals surface area (Å²) in [5.41, 5.74) is 1.55. The Labute approximate surface area is 190 Å². The molecule has 0 aromatic heterocycles. The summed E-state index contributed by atoms with van der Waals surface area (Å²) in [6, 6.07) is 24.0. The van der Waals surface area contributed by atoms with E-state index in [4.69, 9.17) is 9.47 Å². The van der Waals surface area contributed by atoms with Crippen LogP contribution < -0.4 is 9.47 Å².